The summed E-state index contributed by atoms with van der Waals surface area (Å²) in [7, 11) is 0. The lowest BCUT2D eigenvalue weighted by Gasteiger charge is -2.39. The number of pyridine rings is 1. The van der Waals surface area contributed by atoms with Crippen LogP contribution in [-0.4, -0.2) is 52.2 Å². The monoisotopic (exact) mass is 304 g/mol. The molecule has 3 unspecified atom stereocenters. The van der Waals surface area contributed by atoms with Crippen LogP contribution in [0.25, 0.3) is 0 Å². The molecule has 0 aromatic carbocycles. The zero-order valence-electron chi connectivity index (χ0n) is 12.7. The Morgan fingerprint density at radius 1 is 1.41 bits per heavy atom. The number of amides is 1. The van der Waals surface area contributed by atoms with E-state index in [1.807, 2.05) is 11.0 Å². The summed E-state index contributed by atoms with van der Waals surface area (Å²) in [6.07, 6.45) is 8.26. The van der Waals surface area contributed by atoms with Crippen molar-refractivity contribution in [2.75, 3.05) is 13.2 Å². The maximum absolute atomic E-state index is 12.8. The lowest BCUT2D eigenvalue weighted by atomic mass is 9.92. The molecule has 2 saturated heterocycles. The van der Waals surface area contributed by atoms with E-state index in [9.17, 15) is 4.79 Å². The summed E-state index contributed by atoms with van der Waals surface area (Å²) in [4.78, 5) is 18.8. The van der Waals surface area contributed by atoms with Crippen LogP contribution in [0.2, 0.25) is 0 Å². The summed E-state index contributed by atoms with van der Waals surface area (Å²) in [6.45, 7) is 0.996. The normalized spacial score (nSPS) is 28.8. The summed E-state index contributed by atoms with van der Waals surface area (Å²) < 4.78 is 0. The van der Waals surface area contributed by atoms with E-state index in [2.05, 4.69) is 15.8 Å². The number of aromatic nitrogens is 1. The molecule has 3 atom stereocenters. The second kappa shape index (κ2) is 7.17. The first kappa shape index (κ1) is 15.4. The minimum Gasteiger partial charge on any atom is -0.396 e. The fraction of sp³-hybridized carbons (Fsp3) is 0.625. The van der Waals surface area contributed by atoms with Crippen molar-refractivity contribution in [1.82, 2.24) is 20.7 Å². The van der Waals surface area contributed by atoms with Crippen molar-refractivity contribution in [3.63, 3.8) is 0 Å². The van der Waals surface area contributed by atoms with E-state index in [0.29, 0.717) is 5.56 Å². The van der Waals surface area contributed by atoms with Crippen molar-refractivity contribution in [2.45, 2.75) is 50.2 Å². The quantitative estimate of drug-likeness (QED) is 0.763. The minimum absolute atomic E-state index is 0.0743. The summed E-state index contributed by atoms with van der Waals surface area (Å²) in [5.74, 6) is 0.0743. The fourth-order valence-electron chi connectivity index (χ4n) is 3.53. The van der Waals surface area contributed by atoms with Crippen LogP contribution < -0.4 is 10.9 Å². The Morgan fingerprint density at radius 2 is 2.32 bits per heavy atom. The minimum atomic E-state index is 0.0743. The average Bonchev–Trinajstić information content (AvgIpc) is 3.04. The molecule has 3 N–H and O–H groups in total. The molecule has 6 nitrogen and oxygen atoms in total. The van der Waals surface area contributed by atoms with Gasteiger partial charge < -0.3 is 10.0 Å². The van der Waals surface area contributed by atoms with Gasteiger partial charge in [-0.1, -0.05) is 0 Å². The standard InChI is InChI=1S/C16H24N4O2/c21-9-6-13-10-14(19-18-13)15-5-1-2-8-20(15)16(22)12-4-3-7-17-11-12/h3-4,7,11,13-15,18-19,21H,1-2,5-6,8-10H2. The molecule has 22 heavy (non-hydrogen) atoms. The van der Waals surface area contributed by atoms with Crippen molar-refractivity contribution in [1.29, 1.82) is 0 Å². The van der Waals surface area contributed by atoms with Crippen molar-refractivity contribution < 1.29 is 9.90 Å². The molecule has 0 bridgehead atoms. The fourth-order valence-corrected chi connectivity index (χ4v) is 3.53. The number of piperidine rings is 1. The Morgan fingerprint density at radius 3 is 3.09 bits per heavy atom. The van der Waals surface area contributed by atoms with Gasteiger partial charge in [0, 0.05) is 43.7 Å². The van der Waals surface area contributed by atoms with E-state index in [1.165, 1.54) is 0 Å². The van der Waals surface area contributed by atoms with Crippen molar-refractivity contribution in [3.8, 4) is 0 Å². The van der Waals surface area contributed by atoms with Crippen LogP contribution in [0.1, 0.15) is 42.5 Å². The third-order valence-electron chi connectivity index (χ3n) is 4.67. The molecule has 1 aromatic rings. The zero-order valence-corrected chi connectivity index (χ0v) is 12.7. The molecule has 2 aliphatic rings. The van der Waals surface area contributed by atoms with Gasteiger partial charge in [-0.05, 0) is 44.2 Å². The molecular weight excluding hydrogens is 280 g/mol. The number of hydrazine groups is 1. The van der Waals surface area contributed by atoms with Gasteiger partial charge in [-0.15, -0.1) is 0 Å². The van der Waals surface area contributed by atoms with E-state index < -0.39 is 0 Å². The molecule has 3 rings (SSSR count). The molecule has 6 heteroatoms. The Bertz CT molecular complexity index is 496. The predicted molar refractivity (Wildman–Crippen MR) is 83.1 cm³/mol. The first-order chi connectivity index (χ1) is 10.8. The smallest absolute Gasteiger partial charge is 0.255 e. The number of aliphatic hydroxyl groups excluding tert-OH is 1. The number of likely N-dealkylation sites (tertiary alicyclic amines) is 1. The van der Waals surface area contributed by atoms with Crippen LogP contribution in [0.4, 0.5) is 0 Å². The first-order valence-electron chi connectivity index (χ1n) is 8.12. The summed E-state index contributed by atoms with van der Waals surface area (Å²) in [6, 6.07) is 4.37. The molecule has 0 spiro atoms. The summed E-state index contributed by atoms with van der Waals surface area (Å²) in [5, 5.41) is 9.07. The number of hydrogen-bond acceptors (Lipinski definition) is 5. The molecule has 1 amide bonds. The van der Waals surface area contributed by atoms with Gasteiger partial charge in [0.1, 0.15) is 0 Å². The lowest BCUT2D eigenvalue weighted by molar-refractivity contribution is 0.0559. The third kappa shape index (κ3) is 3.29. The van der Waals surface area contributed by atoms with E-state index in [4.69, 9.17) is 5.11 Å². The topological polar surface area (TPSA) is 77.5 Å². The van der Waals surface area contributed by atoms with Crippen LogP contribution in [0.3, 0.4) is 0 Å². The van der Waals surface area contributed by atoms with Crippen molar-refractivity contribution in [2.24, 2.45) is 0 Å². The number of carbonyl (C=O) groups is 1. The summed E-state index contributed by atoms with van der Waals surface area (Å²) >= 11 is 0. The van der Waals surface area contributed by atoms with Gasteiger partial charge in [-0.3, -0.25) is 20.6 Å². The maximum atomic E-state index is 12.8. The molecule has 0 saturated carbocycles. The van der Waals surface area contributed by atoms with Gasteiger partial charge >= 0.3 is 0 Å². The molecular formula is C16H24N4O2. The van der Waals surface area contributed by atoms with E-state index >= 15 is 0 Å². The van der Waals surface area contributed by atoms with Crippen molar-refractivity contribution >= 4 is 5.91 Å². The first-order valence-corrected chi connectivity index (χ1v) is 8.12. The largest absolute Gasteiger partial charge is 0.396 e. The van der Waals surface area contributed by atoms with E-state index in [-0.39, 0.29) is 30.6 Å². The molecule has 1 aromatic heterocycles. The van der Waals surface area contributed by atoms with E-state index in [1.54, 1.807) is 18.5 Å². The highest BCUT2D eigenvalue weighted by atomic mass is 16.3. The van der Waals surface area contributed by atoms with Crippen LogP contribution in [-0.2, 0) is 0 Å². The van der Waals surface area contributed by atoms with Crippen LogP contribution in [0, 0.1) is 0 Å². The van der Waals surface area contributed by atoms with Gasteiger partial charge in [-0.25, -0.2) is 0 Å². The number of carbonyl (C=O) groups excluding carboxylic acids is 1. The van der Waals surface area contributed by atoms with Crippen molar-refractivity contribution in [3.05, 3.63) is 30.1 Å². The van der Waals surface area contributed by atoms with Crippen LogP contribution >= 0.6 is 0 Å². The third-order valence-corrected chi connectivity index (χ3v) is 4.67. The molecule has 3 heterocycles. The van der Waals surface area contributed by atoms with Crippen LogP contribution in [0.15, 0.2) is 24.5 Å². The number of nitrogens with one attached hydrogen (secondary N) is 2. The predicted octanol–water partition coefficient (Wildman–Crippen LogP) is 0.694. The van der Waals surface area contributed by atoms with Gasteiger partial charge in [0.25, 0.3) is 5.91 Å². The highest BCUT2D eigenvalue weighted by Crippen LogP contribution is 2.25. The number of hydrogen-bond donors (Lipinski definition) is 3. The molecule has 0 radical (unpaired) electrons. The molecule has 2 aliphatic heterocycles. The molecule has 120 valence electrons. The lowest BCUT2D eigenvalue weighted by Crippen LogP contribution is -2.53. The highest BCUT2D eigenvalue weighted by molar-refractivity contribution is 5.94. The zero-order chi connectivity index (χ0) is 15.4. The second-order valence-corrected chi connectivity index (χ2v) is 6.14. The van der Waals surface area contributed by atoms with Crippen LogP contribution in [0.5, 0.6) is 0 Å². The number of rotatable bonds is 4. The average molecular weight is 304 g/mol. The summed E-state index contributed by atoms with van der Waals surface area (Å²) in [5.41, 5.74) is 7.23. The Hall–Kier alpha value is -1.50. The Labute approximate surface area is 130 Å². The second-order valence-electron chi connectivity index (χ2n) is 6.14. The van der Waals surface area contributed by atoms with Gasteiger partial charge in [0.15, 0.2) is 0 Å². The van der Waals surface area contributed by atoms with Gasteiger partial charge in [-0.2, -0.15) is 0 Å². The van der Waals surface area contributed by atoms with Gasteiger partial charge in [0.2, 0.25) is 0 Å². The van der Waals surface area contributed by atoms with Gasteiger partial charge in [0.05, 0.1) is 5.56 Å². The molecule has 2 fully saturated rings. The Kier molecular flexibility index (Phi) is 5.02. The number of aliphatic hydroxyl groups is 1. The van der Waals surface area contributed by atoms with E-state index in [0.717, 1.165) is 38.6 Å². The SMILES string of the molecule is O=C(c1cccnc1)N1CCCCC1C1CC(CCO)NN1. The Balaban J connectivity index is 1.70. The molecule has 0 aliphatic carbocycles. The maximum Gasteiger partial charge on any atom is 0.255 e. The number of nitrogens with zero attached hydrogens (tertiary/aromatic N) is 2. The highest BCUT2D eigenvalue weighted by Gasteiger charge is 2.37.